The molecule has 0 fully saturated rings. The quantitative estimate of drug-likeness (QED) is 0.487. The maximum Gasteiger partial charge on any atom is 0.291 e. The van der Waals surface area contributed by atoms with Crippen molar-refractivity contribution >= 4 is 17.7 Å². The summed E-state index contributed by atoms with van der Waals surface area (Å²) >= 11 is 0. The van der Waals surface area contributed by atoms with E-state index >= 15 is 0 Å². The Kier molecular flexibility index (Phi) is 9.28. The van der Waals surface area contributed by atoms with Gasteiger partial charge in [-0.25, -0.2) is 9.67 Å². The summed E-state index contributed by atoms with van der Waals surface area (Å²) in [4.78, 5) is 47.0. The Labute approximate surface area is 246 Å². The predicted molar refractivity (Wildman–Crippen MR) is 155 cm³/mol. The Hall–Kier alpha value is -4.09. The van der Waals surface area contributed by atoms with E-state index in [-0.39, 0.29) is 30.1 Å². The van der Waals surface area contributed by atoms with Gasteiger partial charge in [0.1, 0.15) is 23.5 Å². The number of nitrogens with zero attached hydrogens (tertiary/aromatic N) is 7. The zero-order chi connectivity index (χ0) is 29.6. The number of carbonyl (C=O) groups excluding carboxylic acids is 3. The van der Waals surface area contributed by atoms with Crippen molar-refractivity contribution in [1.29, 1.82) is 0 Å². The highest BCUT2D eigenvalue weighted by Gasteiger charge is 2.31. The molecule has 2 aliphatic heterocycles. The highest BCUT2D eigenvalue weighted by molar-refractivity contribution is 5.91. The van der Waals surface area contributed by atoms with Crippen LogP contribution in [0.1, 0.15) is 85.6 Å². The first-order valence-corrected chi connectivity index (χ1v) is 15.1. The maximum absolute atomic E-state index is 13.9. The smallest absolute Gasteiger partial charge is 0.291 e. The summed E-state index contributed by atoms with van der Waals surface area (Å²) in [5, 5.41) is 19.3. The van der Waals surface area contributed by atoms with Gasteiger partial charge in [0.05, 0.1) is 12.6 Å². The van der Waals surface area contributed by atoms with Gasteiger partial charge in [-0.3, -0.25) is 14.4 Å². The Balaban J connectivity index is 1.44. The van der Waals surface area contributed by atoms with E-state index in [4.69, 9.17) is 4.98 Å². The summed E-state index contributed by atoms with van der Waals surface area (Å²) in [7, 11) is 0. The van der Waals surface area contributed by atoms with E-state index in [2.05, 4.69) is 25.9 Å². The van der Waals surface area contributed by atoms with Crippen LogP contribution in [-0.4, -0.2) is 71.3 Å². The molecule has 0 spiro atoms. The molecule has 12 heteroatoms. The molecule has 0 aliphatic carbocycles. The molecule has 12 nitrogen and oxygen atoms in total. The molecule has 0 saturated heterocycles. The van der Waals surface area contributed by atoms with Gasteiger partial charge in [-0.05, 0) is 37.7 Å². The van der Waals surface area contributed by atoms with Crippen molar-refractivity contribution in [3.05, 3.63) is 59.2 Å². The van der Waals surface area contributed by atoms with Crippen molar-refractivity contribution in [2.45, 2.75) is 90.9 Å². The van der Waals surface area contributed by atoms with Crippen LogP contribution in [0.3, 0.4) is 0 Å². The third kappa shape index (κ3) is 6.85. The molecule has 3 amide bonds. The fraction of sp³-hybridized carbons (Fsp3) is 0.567. The third-order valence-electron chi connectivity index (χ3n) is 7.98. The fourth-order valence-electron chi connectivity index (χ4n) is 5.72. The molecule has 2 aliphatic rings. The fourth-order valence-corrected chi connectivity index (χ4v) is 5.72. The van der Waals surface area contributed by atoms with E-state index in [1.54, 1.807) is 9.58 Å². The Morgan fingerprint density at radius 2 is 1.76 bits per heavy atom. The molecular weight excluding hydrogens is 534 g/mol. The van der Waals surface area contributed by atoms with E-state index in [0.717, 1.165) is 43.6 Å². The minimum absolute atomic E-state index is 0.00136. The van der Waals surface area contributed by atoms with Crippen molar-refractivity contribution in [3.8, 4) is 0 Å². The molecular formula is C30H41N9O3. The highest BCUT2D eigenvalue weighted by atomic mass is 16.2. The molecule has 3 aromatic rings. The maximum atomic E-state index is 13.9. The summed E-state index contributed by atoms with van der Waals surface area (Å²) in [6.45, 7) is 7.68. The Bertz CT molecular complexity index is 1400. The number of benzene rings is 1. The lowest BCUT2D eigenvalue weighted by atomic mass is 10.0. The zero-order valence-electron chi connectivity index (χ0n) is 24.8. The monoisotopic (exact) mass is 575 g/mol. The number of hydrogen-bond acceptors (Lipinski definition) is 7. The summed E-state index contributed by atoms with van der Waals surface area (Å²) < 4.78 is 3.75. The second-order valence-electron chi connectivity index (χ2n) is 11.6. The van der Waals surface area contributed by atoms with Crippen LogP contribution in [0, 0.1) is 12.8 Å². The van der Waals surface area contributed by atoms with Crippen LogP contribution >= 0.6 is 0 Å². The second-order valence-corrected chi connectivity index (χ2v) is 11.6. The van der Waals surface area contributed by atoms with Gasteiger partial charge in [-0.2, -0.15) is 5.10 Å². The average Bonchev–Trinajstić information content (AvgIpc) is 3.46. The van der Waals surface area contributed by atoms with Crippen LogP contribution in [0.2, 0.25) is 0 Å². The minimum atomic E-state index is -0.759. The van der Waals surface area contributed by atoms with Gasteiger partial charge >= 0.3 is 0 Å². The number of rotatable bonds is 4. The molecule has 0 unspecified atom stereocenters. The SMILES string of the molecule is Cc1nc2n(n1)CCN(C(=O)c1nnc3n1CCCCC3)CCCC(=O)N[C@@H](Cc1ccccc1)C(=O)N[C@@H]2C(C)C. The van der Waals surface area contributed by atoms with Gasteiger partial charge in [-0.1, -0.05) is 50.6 Å². The average molecular weight is 576 g/mol. The van der Waals surface area contributed by atoms with E-state index < -0.39 is 12.1 Å². The van der Waals surface area contributed by atoms with E-state index in [0.29, 0.717) is 49.9 Å². The van der Waals surface area contributed by atoms with Crippen LogP contribution in [0.4, 0.5) is 0 Å². The van der Waals surface area contributed by atoms with Crippen LogP contribution in [0.25, 0.3) is 0 Å². The lowest BCUT2D eigenvalue weighted by Crippen LogP contribution is -2.50. The lowest BCUT2D eigenvalue weighted by molar-refractivity contribution is -0.129. The minimum Gasteiger partial charge on any atom is -0.344 e. The van der Waals surface area contributed by atoms with Gasteiger partial charge in [0.2, 0.25) is 17.6 Å². The normalized spacial score (nSPS) is 20.6. The number of aryl methyl sites for hydroxylation is 2. The second kappa shape index (κ2) is 13.3. The molecule has 0 saturated carbocycles. The van der Waals surface area contributed by atoms with Crippen LogP contribution in [0.5, 0.6) is 0 Å². The van der Waals surface area contributed by atoms with Crippen LogP contribution in [0.15, 0.2) is 30.3 Å². The summed E-state index contributed by atoms with van der Waals surface area (Å²) in [6.07, 6.45) is 4.92. The van der Waals surface area contributed by atoms with Crippen LogP contribution < -0.4 is 10.6 Å². The number of nitrogens with one attached hydrogen (secondary N) is 2. The van der Waals surface area contributed by atoms with E-state index in [9.17, 15) is 14.4 Å². The number of hydrogen-bond donors (Lipinski definition) is 2. The molecule has 224 valence electrons. The van der Waals surface area contributed by atoms with E-state index in [1.807, 2.05) is 55.7 Å². The molecule has 5 rings (SSSR count). The van der Waals surface area contributed by atoms with Crippen molar-refractivity contribution in [3.63, 3.8) is 0 Å². The first-order valence-electron chi connectivity index (χ1n) is 15.1. The molecule has 0 radical (unpaired) electrons. The van der Waals surface area contributed by atoms with Crippen molar-refractivity contribution in [2.24, 2.45) is 5.92 Å². The highest BCUT2D eigenvalue weighted by Crippen LogP contribution is 2.22. The van der Waals surface area contributed by atoms with E-state index in [1.165, 1.54) is 0 Å². The molecule has 4 heterocycles. The first-order chi connectivity index (χ1) is 20.3. The summed E-state index contributed by atoms with van der Waals surface area (Å²) in [5.74, 6) is 1.73. The Morgan fingerprint density at radius 1 is 0.952 bits per heavy atom. The number of carbonyl (C=O) groups is 3. The zero-order valence-corrected chi connectivity index (χ0v) is 24.8. The topological polar surface area (TPSA) is 140 Å². The summed E-state index contributed by atoms with van der Waals surface area (Å²) in [6, 6.07) is 8.45. The number of aromatic nitrogens is 6. The molecule has 2 aromatic heterocycles. The molecule has 2 atom stereocenters. The van der Waals surface area contributed by atoms with Crippen molar-refractivity contribution in [2.75, 3.05) is 13.1 Å². The largest absolute Gasteiger partial charge is 0.344 e. The molecule has 42 heavy (non-hydrogen) atoms. The number of fused-ring (bicyclic) bond motifs is 2. The van der Waals surface area contributed by atoms with Gasteiger partial charge < -0.3 is 20.1 Å². The van der Waals surface area contributed by atoms with Gasteiger partial charge in [0, 0.05) is 38.9 Å². The lowest BCUT2D eigenvalue weighted by Gasteiger charge is -2.28. The molecule has 2 N–H and O–H groups in total. The van der Waals surface area contributed by atoms with Gasteiger partial charge in [0.25, 0.3) is 5.91 Å². The Morgan fingerprint density at radius 3 is 2.55 bits per heavy atom. The van der Waals surface area contributed by atoms with Crippen LogP contribution in [-0.2, 0) is 35.5 Å². The summed E-state index contributed by atoms with van der Waals surface area (Å²) in [5.41, 5.74) is 0.948. The van der Waals surface area contributed by atoms with Gasteiger partial charge in [-0.15, -0.1) is 10.2 Å². The van der Waals surface area contributed by atoms with Crippen molar-refractivity contribution < 1.29 is 14.4 Å². The third-order valence-corrected chi connectivity index (χ3v) is 7.98. The molecule has 1 aromatic carbocycles. The van der Waals surface area contributed by atoms with Crippen molar-refractivity contribution in [1.82, 2.24) is 45.1 Å². The first kappa shape index (κ1) is 29.4. The number of amides is 3. The molecule has 0 bridgehead atoms. The predicted octanol–water partition coefficient (Wildman–Crippen LogP) is 2.38. The standard InChI is InChI=1S/C30H41N9O3/c1-20(2)26-27-31-21(3)36-39(27)18-17-37(30(42)28-35-34-24-13-8-5-9-16-38(24)28)15-10-14-25(40)32-23(29(41)33-26)19-22-11-6-4-7-12-22/h4,6-7,11-12,20,23,26H,5,8-10,13-19H2,1-3H3,(H,32,40)(H,33,41)/t23-,26+/m0/s1. The van der Waals surface area contributed by atoms with Gasteiger partial charge in [0.15, 0.2) is 0 Å².